The number of nitrogens with zero attached hydrogens (tertiary/aromatic N) is 3. The fourth-order valence-corrected chi connectivity index (χ4v) is 4.07. The molecular weight excluding hydrogens is 388 g/mol. The molecule has 0 atom stereocenters. The van der Waals surface area contributed by atoms with E-state index >= 15 is 0 Å². The van der Waals surface area contributed by atoms with Crippen LogP contribution in [-0.4, -0.2) is 33.0 Å². The number of aromatic nitrogens is 2. The summed E-state index contributed by atoms with van der Waals surface area (Å²) in [6.07, 6.45) is 3.97. The monoisotopic (exact) mass is 416 g/mol. The predicted octanol–water partition coefficient (Wildman–Crippen LogP) is 3.55. The average Bonchev–Trinajstić information content (AvgIpc) is 3.38. The van der Waals surface area contributed by atoms with E-state index in [1.165, 1.54) is 0 Å². The van der Waals surface area contributed by atoms with Gasteiger partial charge in [0.05, 0.1) is 24.0 Å². The maximum absolute atomic E-state index is 12.9. The van der Waals surface area contributed by atoms with Gasteiger partial charge in [-0.15, -0.1) is 0 Å². The number of nitrogens with one attached hydrogen (secondary N) is 1. The molecule has 4 rings (SSSR count). The number of benzene rings is 2. The van der Waals surface area contributed by atoms with Crippen molar-refractivity contribution in [3.05, 3.63) is 88.7 Å². The van der Waals surface area contributed by atoms with Gasteiger partial charge in [-0.1, -0.05) is 61.5 Å². The molecular formula is C25H28N4O2. The molecule has 0 aliphatic carbocycles. The fraction of sp³-hybridized carbons (Fsp3) is 0.320. The molecule has 3 aromatic rings. The highest BCUT2D eigenvalue weighted by Gasteiger charge is 2.20. The zero-order valence-corrected chi connectivity index (χ0v) is 17.9. The zero-order valence-electron chi connectivity index (χ0n) is 17.9. The summed E-state index contributed by atoms with van der Waals surface area (Å²) >= 11 is 0. The first-order valence-electron chi connectivity index (χ1n) is 10.9. The first kappa shape index (κ1) is 20.8. The average molecular weight is 417 g/mol. The molecule has 1 fully saturated rings. The number of likely N-dealkylation sites (tertiary alicyclic amines) is 1. The topological polar surface area (TPSA) is 67.2 Å². The molecule has 6 heteroatoms. The van der Waals surface area contributed by atoms with Crippen molar-refractivity contribution in [2.75, 3.05) is 6.54 Å². The quantitative estimate of drug-likeness (QED) is 0.611. The highest BCUT2D eigenvalue weighted by molar-refractivity contribution is 5.95. The number of carbonyl (C=O) groups excluding carboxylic acids is 2. The van der Waals surface area contributed by atoms with E-state index in [1.54, 1.807) is 6.20 Å². The Morgan fingerprint density at radius 3 is 2.55 bits per heavy atom. The molecule has 1 aliphatic heterocycles. The van der Waals surface area contributed by atoms with E-state index in [9.17, 15) is 9.59 Å². The largest absolute Gasteiger partial charge is 0.348 e. The molecule has 0 spiro atoms. The van der Waals surface area contributed by atoms with Gasteiger partial charge >= 0.3 is 0 Å². The van der Waals surface area contributed by atoms with Crippen molar-refractivity contribution < 1.29 is 9.59 Å². The highest BCUT2D eigenvalue weighted by Crippen LogP contribution is 2.16. The van der Waals surface area contributed by atoms with Crippen LogP contribution in [0.5, 0.6) is 0 Å². The van der Waals surface area contributed by atoms with Crippen LogP contribution in [0, 0.1) is 0 Å². The zero-order chi connectivity index (χ0) is 21.6. The number of carbonyl (C=O) groups is 2. The lowest BCUT2D eigenvalue weighted by Gasteiger charge is -2.16. The van der Waals surface area contributed by atoms with E-state index in [1.807, 2.05) is 52.9 Å². The molecule has 0 radical (unpaired) electrons. The molecule has 160 valence electrons. The molecule has 0 unspecified atom stereocenters. The molecule has 2 aromatic carbocycles. The number of amides is 2. The molecule has 1 aromatic heterocycles. The van der Waals surface area contributed by atoms with Crippen LogP contribution in [-0.2, 0) is 30.8 Å². The third-order valence-electron chi connectivity index (χ3n) is 5.69. The second-order valence-corrected chi connectivity index (χ2v) is 7.92. The molecule has 0 saturated carbocycles. The predicted molar refractivity (Wildman–Crippen MR) is 119 cm³/mol. The highest BCUT2D eigenvalue weighted by atomic mass is 16.2. The minimum Gasteiger partial charge on any atom is -0.348 e. The Morgan fingerprint density at radius 2 is 1.81 bits per heavy atom. The Bertz CT molecular complexity index is 1060. The Hall–Kier alpha value is -3.41. The van der Waals surface area contributed by atoms with Crippen LogP contribution >= 0.6 is 0 Å². The second-order valence-electron chi connectivity index (χ2n) is 7.92. The first-order valence-corrected chi connectivity index (χ1v) is 10.9. The molecule has 0 bridgehead atoms. The van der Waals surface area contributed by atoms with Crippen LogP contribution < -0.4 is 5.32 Å². The number of rotatable bonds is 8. The standard InChI is InChI=1S/C25H28N4O2/c1-2-23-22(16-27-29(23)18-19-8-4-3-5-9-19)25(31)26-15-20-10-6-11-21(14-20)17-28-13-7-12-24(28)30/h3-6,8-11,14,16H,2,7,12-13,15,17-18H2,1H3,(H,26,31). The molecule has 1 saturated heterocycles. The van der Waals surface area contributed by atoms with E-state index in [0.29, 0.717) is 31.6 Å². The second kappa shape index (κ2) is 9.60. The summed E-state index contributed by atoms with van der Waals surface area (Å²) in [5.41, 5.74) is 4.82. The van der Waals surface area contributed by atoms with E-state index < -0.39 is 0 Å². The van der Waals surface area contributed by atoms with Crippen LogP contribution in [0.15, 0.2) is 60.8 Å². The summed E-state index contributed by atoms with van der Waals surface area (Å²) in [6.45, 7) is 4.58. The van der Waals surface area contributed by atoms with Crippen molar-refractivity contribution in [2.24, 2.45) is 0 Å². The van der Waals surface area contributed by atoms with Crippen molar-refractivity contribution in [3.63, 3.8) is 0 Å². The summed E-state index contributed by atoms with van der Waals surface area (Å²) < 4.78 is 1.90. The third kappa shape index (κ3) is 5.02. The van der Waals surface area contributed by atoms with Gasteiger partial charge in [-0.05, 0) is 29.5 Å². The molecule has 2 amide bonds. The van der Waals surface area contributed by atoms with Crippen molar-refractivity contribution in [1.29, 1.82) is 0 Å². The lowest BCUT2D eigenvalue weighted by molar-refractivity contribution is -0.128. The molecule has 2 heterocycles. The smallest absolute Gasteiger partial charge is 0.255 e. The van der Waals surface area contributed by atoms with Crippen molar-refractivity contribution in [1.82, 2.24) is 20.0 Å². The Labute approximate surface area is 182 Å². The van der Waals surface area contributed by atoms with Gasteiger partial charge in [-0.2, -0.15) is 5.10 Å². The van der Waals surface area contributed by atoms with Gasteiger partial charge in [0.15, 0.2) is 0 Å². The Morgan fingerprint density at radius 1 is 1.03 bits per heavy atom. The minimum atomic E-state index is -0.115. The summed E-state index contributed by atoms with van der Waals surface area (Å²) in [5, 5.41) is 7.48. The summed E-state index contributed by atoms with van der Waals surface area (Å²) in [4.78, 5) is 26.6. The summed E-state index contributed by atoms with van der Waals surface area (Å²) in [5.74, 6) is 0.106. The van der Waals surface area contributed by atoms with Gasteiger partial charge in [0.1, 0.15) is 0 Å². The lowest BCUT2D eigenvalue weighted by atomic mass is 10.1. The van der Waals surface area contributed by atoms with Crippen molar-refractivity contribution in [2.45, 2.75) is 45.8 Å². The van der Waals surface area contributed by atoms with Gasteiger partial charge in [0.25, 0.3) is 5.91 Å². The normalized spacial score (nSPS) is 13.6. The van der Waals surface area contributed by atoms with Crippen molar-refractivity contribution in [3.8, 4) is 0 Å². The van der Waals surface area contributed by atoms with Gasteiger partial charge in [-0.3, -0.25) is 14.3 Å². The number of hydrogen-bond donors (Lipinski definition) is 1. The van der Waals surface area contributed by atoms with E-state index in [4.69, 9.17) is 0 Å². The molecule has 31 heavy (non-hydrogen) atoms. The summed E-state index contributed by atoms with van der Waals surface area (Å²) in [7, 11) is 0. The van der Waals surface area contributed by atoms with Crippen LogP contribution in [0.1, 0.15) is 52.5 Å². The maximum Gasteiger partial charge on any atom is 0.255 e. The van der Waals surface area contributed by atoms with Crippen LogP contribution in [0.2, 0.25) is 0 Å². The van der Waals surface area contributed by atoms with Gasteiger partial charge in [-0.25, -0.2) is 0 Å². The van der Waals surface area contributed by atoms with Gasteiger partial charge in [0.2, 0.25) is 5.91 Å². The molecule has 1 N–H and O–H groups in total. The molecule has 6 nitrogen and oxygen atoms in total. The third-order valence-corrected chi connectivity index (χ3v) is 5.69. The lowest BCUT2D eigenvalue weighted by Crippen LogP contribution is -2.25. The minimum absolute atomic E-state index is 0.115. The maximum atomic E-state index is 12.9. The Balaban J connectivity index is 1.40. The van der Waals surface area contributed by atoms with Gasteiger partial charge < -0.3 is 10.2 Å². The van der Waals surface area contributed by atoms with Gasteiger partial charge in [0, 0.05) is 26.1 Å². The molecule has 1 aliphatic rings. The van der Waals surface area contributed by atoms with Crippen LogP contribution in [0.3, 0.4) is 0 Å². The number of hydrogen-bond acceptors (Lipinski definition) is 3. The first-order chi connectivity index (χ1) is 15.1. The summed E-state index contributed by atoms with van der Waals surface area (Å²) in [6, 6.07) is 18.2. The van der Waals surface area contributed by atoms with Crippen molar-refractivity contribution >= 4 is 11.8 Å². The van der Waals surface area contributed by atoms with Crippen LogP contribution in [0.25, 0.3) is 0 Å². The SMILES string of the molecule is CCc1c(C(=O)NCc2cccc(CN3CCCC3=O)c2)cnn1Cc1ccccc1. The van der Waals surface area contributed by atoms with E-state index in [0.717, 1.165) is 41.8 Å². The van der Waals surface area contributed by atoms with E-state index in [2.05, 4.69) is 28.6 Å². The Kier molecular flexibility index (Phi) is 6.46. The fourth-order valence-electron chi connectivity index (χ4n) is 4.07. The van der Waals surface area contributed by atoms with E-state index in [-0.39, 0.29) is 11.8 Å². The van der Waals surface area contributed by atoms with Crippen LogP contribution in [0.4, 0.5) is 0 Å².